The molecule has 1 aromatic carbocycles. The first-order valence-electron chi connectivity index (χ1n) is 5.80. The number of aliphatic hydroxyl groups excluding tert-OH is 1. The molecule has 16 heavy (non-hydrogen) atoms. The van der Waals surface area contributed by atoms with E-state index < -0.39 is 0 Å². The molecule has 0 spiro atoms. The minimum atomic E-state index is -0.322. The molecule has 3 heteroatoms. The van der Waals surface area contributed by atoms with E-state index in [4.69, 9.17) is 14.6 Å². The van der Waals surface area contributed by atoms with Crippen LogP contribution in [0.2, 0.25) is 0 Å². The van der Waals surface area contributed by atoms with Crippen LogP contribution < -0.4 is 0 Å². The summed E-state index contributed by atoms with van der Waals surface area (Å²) in [7, 11) is 0. The number of ether oxygens (including phenoxy) is 2. The van der Waals surface area contributed by atoms with Crippen molar-refractivity contribution in [3.8, 4) is 0 Å². The summed E-state index contributed by atoms with van der Waals surface area (Å²) in [6, 6.07) is 8.24. The minimum absolute atomic E-state index is 0.0624. The lowest BCUT2D eigenvalue weighted by Crippen LogP contribution is -2.29. The summed E-state index contributed by atoms with van der Waals surface area (Å²) in [6.07, 6.45) is 1.38. The molecule has 0 amide bonds. The monoisotopic (exact) mass is 222 g/mol. The van der Waals surface area contributed by atoms with E-state index in [2.05, 4.69) is 19.1 Å². The fourth-order valence-electron chi connectivity index (χ4n) is 1.81. The van der Waals surface area contributed by atoms with Gasteiger partial charge in [0.1, 0.15) is 0 Å². The van der Waals surface area contributed by atoms with Gasteiger partial charge in [0.25, 0.3) is 0 Å². The van der Waals surface area contributed by atoms with Crippen molar-refractivity contribution in [3.05, 3.63) is 35.4 Å². The second-order valence-electron chi connectivity index (χ2n) is 4.03. The summed E-state index contributed by atoms with van der Waals surface area (Å²) >= 11 is 0. The van der Waals surface area contributed by atoms with Gasteiger partial charge in [-0.2, -0.15) is 0 Å². The molecular formula is C13H18O3. The van der Waals surface area contributed by atoms with Crippen molar-refractivity contribution in [2.45, 2.75) is 32.2 Å². The molecule has 1 saturated heterocycles. The van der Waals surface area contributed by atoms with E-state index in [9.17, 15) is 0 Å². The van der Waals surface area contributed by atoms with E-state index in [1.165, 1.54) is 5.56 Å². The van der Waals surface area contributed by atoms with Crippen LogP contribution in [-0.2, 0) is 15.9 Å². The van der Waals surface area contributed by atoms with Crippen molar-refractivity contribution >= 4 is 0 Å². The second-order valence-corrected chi connectivity index (χ2v) is 4.03. The third-order valence-corrected chi connectivity index (χ3v) is 2.89. The molecule has 1 aliphatic rings. The lowest BCUT2D eigenvalue weighted by molar-refractivity contribution is -0.224. The van der Waals surface area contributed by atoms with E-state index in [-0.39, 0.29) is 19.0 Å². The van der Waals surface area contributed by atoms with Gasteiger partial charge in [-0.25, -0.2) is 0 Å². The molecule has 0 saturated carbocycles. The fraction of sp³-hybridized carbons (Fsp3) is 0.538. The van der Waals surface area contributed by atoms with Crippen LogP contribution >= 0.6 is 0 Å². The smallest absolute Gasteiger partial charge is 0.184 e. The molecule has 2 rings (SSSR count). The van der Waals surface area contributed by atoms with Gasteiger partial charge in [-0.05, 0) is 18.4 Å². The van der Waals surface area contributed by atoms with E-state index in [1.54, 1.807) is 0 Å². The highest BCUT2D eigenvalue weighted by molar-refractivity contribution is 5.23. The zero-order chi connectivity index (χ0) is 11.4. The van der Waals surface area contributed by atoms with Crippen molar-refractivity contribution in [1.82, 2.24) is 0 Å². The van der Waals surface area contributed by atoms with Crippen LogP contribution in [-0.4, -0.2) is 24.4 Å². The third kappa shape index (κ3) is 2.61. The zero-order valence-electron chi connectivity index (χ0n) is 9.56. The van der Waals surface area contributed by atoms with Crippen LogP contribution in [0.3, 0.4) is 0 Å². The lowest BCUT2D eigenvalue weighted by atomic mass is 10.1. The standard InChI is InChI=1S/C13H18O3/c1-2-10-3-5-11(6-4-10)13-15-8-7-12(9-14)16-13/h3-6,12-14H,2,7-9H2,1H3/t12-,13-/m1/s1. The topological polar surface area (TPSA) is 38.7 Å². The van der Waals surface area contributed by atoms with Crippen LogP contribution in [0.15, 0.2) is 24.3 Å². The molecular weight excluding hydrogens is 204 g/mol. The first-order chi connectivity index (χ1) is 7.83. The van der Waals surface area contributed by atoms with Gasteiger partial charge in [0.15, 0.2) is 6.29 Å². The molecule has 1 fully saturated rings. The van der Waals surface area contributed by atoms with E-state index in [0.29, 0.717) is 6.61 Å². The van der Waals surface area contributed by atoms with Gasteiger partial charge in [-0.3, -0.25) is 0 Å². The average Bonchev–Trinajstić information content (AvgIpc) is 2.39. The molecule has 0 bridgehead atoms. The molecule has 2 atom stereocenters. The van der Waals surface area contributed by atoms with Crippen LogP contribution in [0.1, 0.15) is 30.8 Å². The number of aliphatic hydroxyl groups is 1. The van der Waals surface area contributed by atoms with Gasteiger partial charge in [0.05, 0.1) is 19.3 Å². The van der Waals surface area contributed by atoms with Crippen molar-refractivity contribution in [2.24, 2.45) is 0 Å². The largest absolute Gasteiger partial charge is 0.394 e. The molecule has 0 radical (unpaired) electrons. The van der Waals surface area contributed by atoms with Crippen LogP contribution in [0.25, 0.3) is 0 Å². The Kier molecular flexibility index (Phi) is 3.93. The Hall–Kier alpha value is -0.900. The maximum atomic E-state index is 9.06. The molecule has 0 aliphatic carbocycles. The molecule has 3 nitrogen and oxygen atoms in total. The number of hydrogen-bond acceptors (Lipinski definition) is 3. The maximum absolute atomic E-state index is 9.06. The van der Waals surface area contributed by atoms with E-state index in [1.807, 2.05) is 12.1 Å². The summed E-state index contributed by atoms with van der Waals surface area (Å²) in [4.78, 5) is 0. The van der Waals surface area contributed by atoms with Gasteiger partial charge < -0.3 is 14.6 Å². The number of benzene rings is 1. The highest BCUT2D eigenvalue weighted by Gasteiger charge is 2.23. The number of hydrogen-bond donors (Lipinski definition) is 1. The molecule has 1 aromatic rings. The second kappa shape index (κ2) is 5.43. The first kappa shape index (κ1) is 11.6. The minimum Gasteiger partial charge on any atom is -0.394 e. The van der Waals surface area contributed by atoms with Crippen LogP contribution in [0, 0.1) is 0 Å². The maximum Gasteiger partial charge on any atom is 0.184 e. The molecule has 0 aromatic heterocycles. The SMILES string of the molecule is CCc1ccc([C@@H]2OCC[C@H](CO)O2)cc1. The fourth-order valence-corrected chi connectivity index (χ4v) is 1.81. The van der Waals surface area contributed by atoms with Gasteiger partial charge >= 0.3 is 0 Å². The van der Waals surface area contributed by atoms with E-state index >= 15 is 0 Å². The Balaban J connectivity index is 2.05. The number of aryl methyl sites for hydroxylation is 1. The van der Waals surface area contributed by atoms with Gasteiger partial charge in [0.2, 0.25) is 0 Å². The first-order valence-corrected chi connectivity index (χ1v) is 5.80. The Morgan fingerprint density at radius 2 is 2.06 bits per heavy atom. The normalized spacial score (nSPS) is 25.6. The van der Waals surface area contributed by atoms with Crippen LogP contribution in [0.4, 0.5) is 0 Å². The Morgan fingerprint density at radius 1 is 1.31 bits per heavy atom. The van der Waals surface area contributed by atoms with Crippen molar-refractivity contribution in [3.63, 3.8) is 0 Å². The highest BCUT2D eigenvalue weighted by atomic mass is 16.7. The quantitative estimate of drug-likeness (QED) is 0.850. The Labute approximate surface area is 96.0 Å². The van der Waals surface area contributed by atoms with Crippen molar-refractivity contribution in [2.75, 3.05) is 13.2 Å². The molecule has 1 heterocycles. The van der Waals surface area contributed by atoms with E-state index in [0.717, 1.165) is 18.4 Å². The zero-order valence-corrected chi connectivity index (χ0v) is 9.56. The number of rotatable bonds is 3. The highest BCUT2D eigenvalue weighted by Crippen LogP contribution is 2.26. The van der Waals surface area contributed by atoms with Gasteiger partial charge in [-0.15, -0.1) is 0 Å². The molecule has 1 aliphatic heterocycles. The Morgan fingerprint density at radius 3 is 2.69 bits per heavy atom. The average molecular weight is 222 g/mol. The van der Waals surface area contributed by atoms with Gasteiger partial charge in [-0.1, -0.05) is 31.2 Å². The predicted octanol–water partition coefficient (Wildman–Crippen LogP) is 2.05. The third-order valence-electron chi connectivity index (χ3n) is 2.89. The summed E-state index contributed by atoms with van der Waals surface area (Å²) in [5.41, 5.74) is 2.33. The summed E-state index contributed by atoms with van der Waals surface area (Å²) < 4.78 is 11.2. The van der Waals surface area contributed by atoms with Gasteiger partial charge in [0, 0.05) is 5.56 Å². The van der Waals surface area contributed by atoms with Crippen LogP contribution in [0.5, 0.6) is 0 Å². The summed E-state index contributed by atoms with van der Waals surface area (Å²) in [6.45, 7) is 2.84. The van der Waals surface area contributed by atoms with Crippen molar-refractivity contribution < 1.29 is 14.6 Å². The molecule has 88 valence electrons. The Bertz CT molecular complexity index is 320. The summed E-state index contributed by atoms with van der Waals surface area (Å²) in [5.74, 6) is 0. The van der Waals surface area contributed by atoms with Crippen molar-refractivity contribution in [1.29, 1.82) is 0 Å². The molecule has 0 unspecified atom stereocenters. The predicted molar refractivity (Wildman–Crippen MR) is 61.1 cm³/mol. The summed E-state index contributed by atoms with van der Waals surface area (Å²) in [5, 5.41) is 9.06. The molecule has 1 N–H and O–H groups in total. The lowest BCUT2D eigenvalue weighted by Gasteiger charge is -2.29.